The van der Waals surface area contributed by atoms with E-state index in [4.69, 9.17) is 4.74 Å². The highest BCUT2D eigenvalue weighted by Crippen LogP contribution is 2.29. The van der Waals surface area contributed by atoms with Crippen LogP contribution in [0.4, 0.5) is 0 Å². The monoisotopic (exact) mass is 325 g/mol. The molecule has 0 aromatic heterocycles. The number of hydrogen-bond acceptors (Lipinski definition) is 3. The van der Waals surface area contributed by atoms with Gasteiger partial charge in [0.1, 0.15) is 0 Å². The van der Waals surface area contributed by atoms with Crippen LogP contribution in [0.3, 0.4) is 0 Å². The standard InChI is InChI=1S/C19H19NO4/c21-17(20-18(19(22)23)14-7-2-1-3-8-14)12-16-15-9-5-4-6-13(15)10-11-24-16/h1-9,16,18H,10-12H2,(H,20,21)(H,22,23)/t16-,18+/m0/s1. The number of ether oxygens (including phenoxy) is 1. The molecule has 124 valence electrons. The lowest BCUT2D eigenvalue weighted by Gasteiger charge is -2.26. The summed E-state index contributed by atoms with van der Waals surface area (Å²) in [5.74, 6) is -1.42. The quantitative estimate of drug-likeness (QED) is 0.886. The van der Waals surface area contributed by atoms with Gasteiger partial charge < -0.3 is 15.2 Å². The molecule has 0 unspecified atom stereocenters. The lowest BCUT2D eigenvalue weighted by atomic mass is 9.95. The molecule has 0 bridgehead atoms. The van der Waals surface area contributed by atoms with Gasteiger partial charge in [0.2, 0.25) is 5.91 Å². The zero-order valence-electron chi connectivity index (χ0n) is 13.1. The van der Waals surface area contributed by atoms with Crippen molar-refractivity contribution in [3.8, 4) is 0 Å². The summed E-state index contributed by atoms with van der Waals surface area (Å²) in [7, 11) is 0. The largest absolute Gasteiger partial charge is 0.479 e. The maximum atomic E-state index is 12.4. The molecular weight excluding hydrogens is 306 g/mol. The molecule has 0 saturated heterocycles. The second-order valence-electron chi connectivity index (χ2n) is 5.76. The lowest BCUT2D eigenvalue weighted by molar-refractivity contribution is -0.142. The number of nitrogens with one attached hydrogen (secondary N) is 1. The van der Waals surface area contributed by atoms with E-state index in [9.17, 15) is 14.7 Å². The van der Waals surface area contributed by atoms with E-state index in [0.717, 1.165) is 12.0 Å². The van der Waals surface area contributed by atoms with Crippen molar-refractivity contribution in [1.82, 2.24) is 5.32 Å². The van der Waals surface area contributed by atoms with Crippen LogP contribution in [0.15, 0.2) is 54.6 Å². The number of fused-ring (bicyclic) bond motifs is 1. The van der Waals surface area contributed by atoms with Gasteiger partial charge in [-0.1, -0.05) is 54.6 Å². The van der Waals surface area contributed by atoms with Gasteiger partial charge in [-0.2, -0.15) is 0 Å². The number of rotatable bonds is 5. The molecule has 1 aliphatic heterocycles. The Labute approximate surface area is 140 Å². The van der Waals surface area contributed by atoms with Gasteiger partial charge >= 0.3 is 5.97 Å². The van der Waals surface area contributed by atoms with Crippen molar-refractivity contribution >= 4 is 11.9 Å². The second kappa shape index (κ2) is 7.27. The molecule has 3 rings (SSSR count). The minimum Gasteiger partial charge on any atom is -0.479 e. The molecule has 5 heteroatoms. The SMILES string of the molecule is O=C(C[C@@H]1OCCc2ccccc21)N[C@@H](C(=O)O)c1ccccc1. The highest BCUT2D eigenvalue weighted by molar-refractivity contribution is 5.84. The van der Waals surface area contributed by atoms with Crippen molar-refractivity contribution in [2.75, 3.05) is 6.61 Å². The van der Waals surface area contributed by atoms with Crippen molar-refractivity contribution in [3.05, 3.63) is 71.3 Å². The normalized spacial score (nSPS) is 17.6. The van der Waals surface area contributed by atoms with E-state index in [2.05, 4.69) is 5.32 Å². The topological polar surface area (TPSA) is 75.6 Å². The molecule has 0 fully saturated rings. The van der Waals surface area contributed by atoms with Gasteiger partial charge in [-0.15, -0.1) is 0 Å². The first kappa shape index (κ1) is 16.2. The van der Waals surface area contributed by atoms with Crippen molar-refractivity contribution in [1.29, 1.82) is 0 Å². The number of carbonyl (C=O) groups excluding carboxylic acids is 1. The van der Waals surface area contributed by atoms with Gasteiger partial charge in [-0.05, 0) is 23.1 Å². The van der Waals surface area contributed by atoms with Crippen molar-refractivity contribution in [2.24, 2.45) is 0 Å². The van der Waals surface area contributed by atoms with E-state index in [0.29, 0.717) is 12.2 Å². The number of amides is 1. The maximum absolute atomic E-state index is 12.4. The molecule has 2 aromatic rings. The first-order valence-corrected chi connectivity index (χ1v) is 7.91. The predicted octanol–water partition coefficient (Wildman–Crippen LogP) is 2.63. The molecule has 2 N–H and O–H groups in total. The number of carbonyl (C=O) groups is 2. The average Bonchev–Trinajstić information content (AvgIpc) is 2.60. The third-order valence-corrected chi connectivity index (χ3v) is 4.15. The fraction of sp³-hybridized carbons (Fsp3) is 0.263. The molecule has 0 aliphatic carbocycles. The Balaban J connectivity index is 1.70. The van der Waals surface area contributed by atoms with Crippen molar-refractivity contribution in [2.45, 2.75) is 25.0 Å². The van der Waals surface area contributed by atoms with Crippen LogP contribution in [-0.4, -0.2) is 23.6 Å². The Morgan fingerprint density at radius 1 is 1.12 bits per heavy atom. The molecular formula is C19H19NO4. The van der Waals surface area contributed by atoms with Crippen LogP contribution in [0.25, 0.3) is 0 Å². The molecule has 0 saturated carbocycles. The molecule has 2 atom stereocenters. The fourth-order valence-electron chi connectivity index (χ4n) is 2.97. The molecule has 24 heavy (non-hydrogen) atoms. The summed E-state index contributed by atoms with van der Waals surface area (Å²) in [4.78, 5) is 23.8. The van der Waals surface area contributed by atoms with Gasteiger partial charge in [0.05, 0.1) is 19.1 Å². The van der Waals surface area contributed by atoms with Gasteiger partial charge in [0, 0.05) is 0 Å². The zero-order valence-corrected chi connectivity index (χ0v) is 13.1. The molecule has 0 spiro atoms. The minimum absolute atomic E-state index is 0.105. The van der Waals surface area contributed by atoms with Gasteiger partial charge in [-0.3, -0.25) is 4.79 Å². The summed E-state index contributed by atoms with van der Waals surface area (Å²) in [5, 5.41) is 12.0. The molecule has 0 radical (unpaired) electrons. The smallest absolute Gasteiger partial charge is 0.330 e. The highest BCUT2D eigenvalue weighted by atomic mass is 16.5. The molecule has 1 aliphatic rings. The van der Waals surface area contributed by atoms with Gasteiger partial charge in [-0.25, -0.2) is 4.79 Å². The average molecular weight is 325 g/mol. The van der Waals surface area contributed by atoms with Crippen LogP contribution >= 0.6 is 0 Å². The lowest BCUT2D eigenvalue weighted by Crippen LogP contribution is -2.35. The van der Waals surface area contributed by atoms with Crippen LogP contribution in [0, 0.1) is 0 Å². The number of hydrogen-bond donors (Lipinski definition) is 2. The Morgan fingerprint density at radius 2 is 1.83 bits per heavy atom. The Hall–Kier alpha value is -2.66. The Bertz CT molecular complexity index is 729. The Morgan fingerprint density at radius 3 is 2.58 bits per heavy atom. The summed E-state index contributed by atoms with van der Waals surface area (Å²) in [6.45, 7) is 0.565. The number of aliphatic carboxylic acids is 1. The van der Waals surface area contributed by atoms with Crippen LogP contribution in [0.2, 0.25) is 0 Å². The van der Waals surface area contributed by atoms with E-state index in [1.54, 1.807) is 30.3 Å². The molecule has 5 nitrogen and oxygen atoms in total. The van der Waals surface area contributed by atoms with E-state index in [1.807, 2.05) is 24.3 Å². The van der Waals surface area contributed by atoms with Crippen LogP contribution < -0.4 is 5.32 Å². The van der Waals surface area contributed by atoms with E-state index in [-0.39, 0.29) is 18.4 Å². The number of benzene rings is 2. The maximum Gasteiger partial charge on any atom is 0.330 e. The van der Waals surface area contributed by atoms with Gasteiger partial charge in [0.25, 0.3) is 0 Å². The van der Waals surface area contributed by atoms with E-state index >= 15 is 0 Å². The summed E-state index contributed by atoms with van der Waals surface area (Å²) >= 11 is 0. The first-order chi connectivity index (χ1) is 11.6. The number of carboxylic acid groups (broad SMARTS) is 1. The van der Waals surface area contributed by atoms with Crippen LogP contribution in [0.1, 0.15) is 35.3 Å². The summed E-state index contributed by atoms with van der Waals surface area (Å²) in [6.07, 6.45) is 0.601. The molecule has 1 heterocycles. The van der Waals surface area contributed by atoms with E-state index in [1.165, 1.54) is 5.56 Å². The van der Waals surface area contributed by atoms with Crippen molar-refractivity contribution in [3.63, 3.8) is 0 Å². The van der Waals surface area contributed by atoms with Gasteiger partial charge in [0.15, 0.2) is 6.04 Å². The van der Waals surface area contributed by atoms with Crippen molar-refractivity contribution < 1.29 is 19.4 Å². The number of carboxylic acids is 1. The molecule has 1 amide bonds. The Kier molecular flexibility index (Phi) is 4.91. The van der Waals surface area contributed by atoms with Crippen LogP contribution in [-0.2, 0) is 20.7 Å². The van der Waals surface area contributed by atoms with E-state index < -0.39 is 12.0 Å². The second-order valence-corrected chi connectivity index (χ2v) is 5.76. The highest BCUT2D eigenvalue weighted by Gasteiger charge is 2.26. The summed E-state index contributed by atoms with van der Waals surface area (Å²) in [6, 6.07) is 15.5. The van der Waals surface area contributed by atoms with Crippen LogP contribution in [0.5, 0.6) is 0 Å². The first-order valence-electron chi connectivity index (χ1n) is 7.91. The fourth-order valence-corrected chi connectivity index (χ4v) is 2.97. The predicted molar refractivity (Wildman–Crippen MR) is 88.4 cm³/mol. The third kappa shape index (κ3) is 3.63. The zero-order chi connectivity index (χ0) is 16.9. The minimum atomic E-state index is -1.08. The summed E-state index contributed by atoms with van der Waals surface area (Å²) < 4.78 is 5.71. The summed E-state index contributed by atoms with van der Waals surface area (Å²) in [5.41, 5.74) is 2.73. The third-order valence-electron chi connectivity index (χ3n) is 4.15. The molecule has 2 aromatic carbocycles.